The van der Waals surface area contributed by atoms with Gasteiger partial charge in [-0.2, -0.15) is 0 Å². The minimum absolute atomic E-state index is 0.285. The number of nitrogens with one attached hydrogen (secondary N) is 1. The quantitative estimate of drug-likeness (QED) is 0.819. The Kier molecular flexibility index (Phi) is 6.34. The second-order valence-corrected chi connectivity index (χ2v) is 6.35. The number of hydrogen-bond acceptors (Lipinski definition) is 3. The number of amides is 1. The van der Waals surface area contributed by atoms with E-state index >= 15 is 0 Å². The van der Waals surface area contributed by atoms with E-state index in [2.05, 4.69) is 5.32 Å². The van der Waals surface area contributed by atoms with E-state index in [0.29, 0.717) is 12.1 Å². The molecule has 1 N–H and O–H groups in total. The number of carbonyl (C=O) groups is 2. The van der Waals surface area contributed by atoms with Crippen molar-refractivity contribution in [3.63, 3.8) is 0 Å². The average molecular weight is 339 g/mol. The predicted octanol–water partition coefficient (Wildman–Crippen LogP) is 3.52. The van der Waals surface area contributed by atoms with E-state index in [0.717, 1.165) is 28.7 Å². The van der Waals surface area contributed by atoms with Crippen LogP contribution >= 0.6 is 0 Å². The Morgan fingerprint density at radius 2 is 1.64 bits per heavy atom. The molecule has 2 rings (SSSR count). The second-order valence-electron chi connectivity index (χ2n) is 6.35. The van der Waals surface area contributed by atoms with Gasteiger partial charge >= 0.3 is 5.97 Å². The minimum atomic E-state index is -0.830. The largest absolute Gasteiger partial charge is 0.449 e. The lowest BCUT2D eigenvalue weighted by atomic mass is 10.00. The molecule has 0 fully saturated rings. The molecule has 1 unspecified atom stereocenters. The van der Waals surface area contributed by atoms with Crippen molar-refractivity contribution in [2.75, 3.05) is 6.54 Å². The lowest BCUT2D eigenvalue weighted by molar-refractivity contribution is -0.129. The van der Waals surface area contributed by atoms with Crippen molar-refractivity contribution in [3.05, 3.63) is 70.3 Å². The van der Waals surface area contributed by atoms with Gasteiger partial charge in [0.05, 0.1) is 5.56 Å². The Labute approximate surface area is 149 Å². The van der Waals surface area contributed by atoms with Gasteiger partial charge < -0.3 is 10.1 Å². The van der Waals surface area contributed by atoms with Gasteiger partial charge in [-0.3, -0.25) is 4.79 Å². The van der Waals surface area contributed by atoms with Crippen molar-refractivity contribution >= 4 is 11.9 Å². The lowest BCUT2D eigenvalue weighted by Crippen LogP contribution is -2.37. The molecular weight excluding hydrogens is 314 g/mol. The SMILES string of the molecule is Cc1cc(C)c(C(=O)OC(C)C(=O)NCCc2ccccc2)c(C)c1. The summed E-state index contributed by atoms with van der Waals surface area (Å²) in [5.41, 5.74) is 4.50. The predicted molar refractivity (Wildman–Crippen MR) is 98.7 cm³/mol. The summed E-state index contributed by atoms with van der Waals surface area (Å²) in [5, 5.41) is 2.81. The van der Waals surface area contributed by atoms with Crippen LogP contribution in [0.2, 0.25) is 0 Å². The zero-order valence-corrected chi connectivity index (χ0v) is 15.3. The van der Waals surface area contributed by atoms with Crippen molar-refractivity contribution in [3.8, 4) is 0 Å². The van der Waals surface area contributed by atoms with E-state index in [4.69, 9.17) is 4.74 Å². The van der Waals surface area contributed by atoms with Crippen LogP contribution in [0, 0.1) is 20.8 Å². The van der Waals surface area contributed by atoms with Crippen LogP contribution < -0.4 is 5.32 Å². The van der Waals surface area contributed by atoms with Crippen molar-refractivity contribution in [1.82, 2.24) is 5.32 Å². The Bertz CT molecular complexity index is 730. The first-order chi connectivity index (χ1) is 11.9. The molecule has 2 aromatic rings. The molecular formula is C21H25NO3. The van der Waals surface area contributed by atoms with Gasteiger partial charge in [-0.15, -0.1) is 0 Å². The molecule has 0 aliphatic heterocycles. The summed E-state index contributed by atoms with van der Waals surface area (Å²) < 4.78 is 5.35. The van der Waals surface area contributed by atoms with E-state index in [1.165, 1.54) is 0 Å². The fourth-order valence-corrected chi connectivity index (χ4v) is 2.89. The van der Waals surface area contributed by atoms with Crippen LogP contribution in [-0.2, 0) is 16.0 Å². The Hall–Kier alpha value is -2.62. The molecule has 1 amide bonds. The van der Waals surface area contributed by atoms with Gasteiger partial charge in [0, 0.05) is 6.54 Å². The fraction of sp³-hybridized carbons (Fsp3) is 0.333. The van der Waals surface area contributed by atoms with Crippen molar-refractivity contribution in [1.29, 1.82) is 0 Å². The molecule has 0 heterocycles. The molecule has 0 saturated heterocycles. The van der Waals surface area contributed by atoms with Gasteiger partial charge in [0.15, 0.2) is 6.10 Å². The summed E-state index contributed by atoms with van der Waals surface area (Å²) in [5.74, 6) is -0.743. The third kappa shape index (κ3) is 5.18. The van der Waals surface area contributed by atoms with Crippen LogP contribution in [0.4, 0.5) is 0 Å². The number of rotatable bonds is 6. The van der Waals surface area contributed by atoms with E-state index in [-0.39, 0.29) is 5.91 Å². The summed E-state index contributed by atoms with van der Waals surface area (Å²) in [6, 6.07) is 13.8. The molecule has 0 bridgehead atoms. The van der Waals surface area contributed by atoms with Crippen molar-refractivity contribution in [2.45, 2.75) is 40.2 Å². The standard InChI is InChI=1S/C21H25NO3/c1-14-12-15(2)19(16(3)13-14)21(24)25-17(4)20(23)22-11-10-18-8-6-5-7-9-18/h5-9,12-13,17H,10-11H2,1-4H3,(H,22,23). The van der Waals surface area contributed by atoms with Gasteiger partial charge in [0.25, 0.3) is 5.91 Å². The third-order valence-corrected chi connectivity index (χ3v) is 4.09. The van der Waals surface area contributed by atoms with E-state index in [1.807, 2.05) is 63.2 Å². The summed E-state index contributed by atoms with van der Waals surface area (Å²) in [6.45, 7) is 7.84. The summed E-state index contributed by atoms with van der Waals surface area (Å²) in [4.78, 5) is 24.5. The summed E-state index contributed by atoms with van der Waals surface area (Å²) >= 11 is 0. The van der Waals surface area contributed by atoms with Gasteiger partial charge in [0.1, 0.15) is 0 Å². The maximum atomic E-state index is 12.4. The molecule has 0 spiro atoms. The molecule has 1 atom stereocenters. The fourth-order valence-electron chi connectivity index (χ4n) is 2.89. The molecule has 0 radical (unpaired) electrons. The van der Waals surface area contributed by atoms with Crippen molar-refractivity contribution < 1.29 is 14.3 Å². The first-order valence-electron chi connectivity index (χ1n) is 8.49. The van der Waals surface area contributed by atoms with Gasteiger partial charge in [0.2, 0.25) is 0 Å². The van der Waals surface area contributed by atoms with Crippen LogP contribution in [0.1, 0.15) is 39.5 Å². The Morgan fingerprint density at radius 1 is 1.04 bits per heavy atom. The maximum absolute atomic E-state index is 12.4. The number of aryl methyl sites for hydroxylation is 3. The smallest absolute Gasteiger partial charge is 0.339 e. The Morgan fingerprint density at radius 3 is 2.24 bits per heavy atom. The highest BCUT2D eigenvalue weighted by Gasteiger charge is 2.21. The van der Waals surface area contributed by atoms with Crippen molar-refractivity contribution in [2.24, 2.45) is 0 Å². The van der Waals surface area contributed by atoms with Crippen LogP contribution in [0.3, 0.4) is 0 Å². The Balaban J connectivity index is 1.89. The number of esters is 1. The molecule has 0 saturated carbocycles. The highest BCUT2D eigenvalue weighted by molar-refractivity contribution is 5.94. The highest BCUT2D eigenvalue weighted by atomic mass is 16.5. The van der Waals surface area contributed by atoms with E-state index < -0.39 is 12.1 Å². The van der Waals surface area contributed by atoms with Crippen LogP contribution in [-0.4, -0.2) is 24.5 Å². The molecule has 0 aliphatic rings. The van der Waals surface area contributed by atoms with Crippen LogP contribution in [0.25, 0.3) is 0 Å². The first-order valence-corrected chi connectivity index (χ1v) is 8.49. The van der Waals surface area contributed by atoms with E-state index in [1.54, 1.807) is 6.92 Å². The van der Waals surface area contributed by atoms with Crippen LogP contribution in [0.15, 0.2) is 42.5 Å². The molecule has 132 valence electrons. The molecule has 4 heteroatoms. The van der Waals surface area contributed by atoms with Gasteiger partial charge in [-0.25, -0.2) is 4.79 Å². The molecule has 0 aliphatic carbocycles. The number of carbonyl (C=O) groups excluding carboxylic acids is 2. The van der Waals surface area contributed by atoms with Gasteiger partial charge in [-0.05, 0) is 50.8 Å². The zero-order valence-electron chi connectivity index (χ0n) is 15.3. The van der Waals surface area contributed by atoms with Gasteiger partial charge in [-0.1, -0.05) is 48.0 Å². The monoisotopic (exact) mass is 339 g/mol. The third-order valence-electron chi connectivity index (χ3n) is 4.09. The maximum Gasteiger partial charge on any atom is 0.339 e. The zero-order chi connectivity index (χ0) is 18.4. The number of hydrogen-bond donors (Lipinski definition) is 1. The van der Waals surface area contributed by atoms with E-state index in [9.17, 15) is 9.59 Å². The minimum Gasteiger partial charge on any atom is -0.449 e. The number of benzene rings is 2. The molecule has 0 aromatic heterocycles. The normalized spacial score (nSPS) is 11.7. The average Bonchev–Trinajstić information content (AvgIpc) is 2.54. The lowest BCUT2D eigenvalue weighted by Gasteiger charge is -2.16. The van der Waals surface area contributed by atoms with Crippen LogP contribution in [0.5, 0.6) is 0 Å². The topological polar surface area (TPSA) is 55.4 Å². The summed E-state index contributed by atoms with van der Waals surface area (Å²) in [7, 11) is 0. The first kappa shape index (κ1) is 18.7. The molecule has 25 heavy (non-hydrogen) atoms. The highest BCUT2D eigenvalue weighted by Crippen LogP contribution is 2.18. The number of ether oxygens (including phenoxy) is 1. The summed E-state index contributed by atoms with van der Waals surface area (Å²) in [6.07, 6.45) is -0.0907. The molecule has 2 aromatic carbocycles. The second kappa shape index (κ2) is 8.47. The molecule has 4 nitrogen and oxygen atoms in total.